The number of hydrogen-bond donors (Lipinski definition) is 0. The summed E-state index contributed by atoms with van der Waals surface area (Å²) in [6.07, 6.45) is 5.10. The predicted molar refractivity (Wildman–Crippen MR) is 94.2 cm³/mol. The molecule has 0 spiro atoms. The fourth-order valence-electron chi connectivity index (χ4n) is 3.84. The Labute approximate surface area is 138 Å². The average molecular weight is 320 g/mol. The molecule has 1 saturated heterocycles. The summed E-state index contributed by atoms with van der Waals surface area (Å²) in [5.74, 6) is 0.514. The van der Waals surface area contributed by atoms with E-state index in [0.717, 1.165) is 37.9 Å². The van der Waals surface area contributed by atoms with Crippen LogP contribution in [0.5, 0.6) is 0 Å². The molecule has 0 bridgehead atoms. The molecule has 4 heteroatoms. The third-order valence-corrected chi connectivity index (χ3v) is 5.63. The van der Waals surface area contributed by atoms with Crippen molar-refractivity contribution in [1.82, 2.24) is 4.90 Å². The van der Waals surface area contributed by atoms with Gasteiger partial charge in [0.2, 0.25) is 0 Å². The minimum atomic E-state index is -0.159. The summed E-state index contributed by atoms with van der Waals surface area (Å²) in [5.41, 5.74) is 1.14. The van der Waals surface area contributed by atoms with E-state index in [1.165, 1.54) is 30.5 Å². The molecule has 2 aliphatic rings. The maximum Gasteiger partial charge on any atom is 0.123 e. The molecule has 0 atom stereocenters. The highest BCUT2D eigenvalue weighted by atomic mass is 32.1. The molecule has 1 aromatic carbocycles. The molecule has 1 saturated carbocycles. The molecule has 0 radical (unpaired) electrons. The summed E-state index contributed by atoms with van der Waals surface area (Å²) < 4.78 is 13.0. The third-order valence-electron chi connectivity index (χ3n) is 5.29. The minimum Gasteiger partial charge on any atom is -0.369 e. The van der Waals surface area contributed by atoms with E-state index in [1.54, 1.807) is 12.1 Å². The van der Waals surface area contributed by atoms with Crippen molar-refractivity contribution < 1.29 is 4.39 Å². The second kappa shape index (κ2) is 7.05. The Hall–Kier alpha value is -1.00. The van der Waals surface area contributed by atoms with Crippen LogP contribution in [-0.2, 0) is 0 Å². The van der Waals surface area contributed by atoms with Crippen LogP contribution in [0.2, 0.25) is 0 Å². The maximum atomic E-state index is 13.0. The van der Waals surface area contributed by atoms with Crippen LogP contribution >= 0.6 is 12.2 Å². The van der Waals surface area contributed by atoms with Crippen LogP contribution < -0.4 is 4.90 Å². The van der Waals surface area contributed by atoms with Gasteiger partial charge >= 0.3 is 0 Å². The van der Waals surface area contributed by atoms with Gasteiger partial charge in [-0.25, -0.2) is 4.39 Å². The van der Waals surface area contributed by atoms with Crippen LogP contribution in [0.1, 0.15) is 32.6 Å². The lowest BCUT2D eigenvalue weighted by Gasteiger charge is -2.42. The average Bonchev–Trinajstić information content (AvgIpc) is 2.56. The van der Waals surface area contributed by atoms with Crippen molar-refractivity contribution in [2.45, 2.75) is 38.6 Å². The maximum absolute atomic E-state index is 13.0. The van der Waals surface area contributed by atoms with E-state index in [0.29, 0.717) is 5.92 Å². The van der Waals surface area contributed by atoms with Gasteiger partial charge in [0.1, 0.15) is 5.82 Å². The van der Waals surface area contributed by atoms with Gasteiger partial charge in [-0.2, -0.15) is 0 Å². The van der Waals surface area contributed by atoms with E-state index < -0.39 is 0 Å². The highest BCUT2D eigenvalue weighted by Crippen LogP contribution is 2.29. The first-order valence-corrected chi connectivity index (χ1v) is 8.79. The second-order valence-corrected chi connectivity index (χ2v) is 7.26. The molecule has 2 fully saturated rings. The first kappa shape index (κ1) is 15.9. The normalized spacial score (nSPS) is 26.9. The molecule has 0 N–H and O–H groups in total. The highest BCUT2D eigenvalue weighted by Gasteiger charge is 2.28. The molecule has 1 heterocycles. The minimum absolute atomic E-state index is 0.159. The highest BCUT2D eigenvalue weighted by molar-refractivity contribution is 7.80. The number of hydrogen-bond acceptors (Lipinski definition) is 3. The molecular formula is C18H25FN2S. The van der Waals surface area contributed by atoms with Gasteiger partial charge in [-0.15, -0.1) is 0 Å². The fraction of sp³-hybridized carbons (Fsp3) is 0.611. The van der Waals surface area contributed by atoms with Crippen molar-refractivity contribution in [3.05, 3.63) is 30.1 Å². The van der Waals surface area contributed by atoms with Gasteiger partial charge in [0.05, 0.1) is 0 Å². The number of anilines is 1. The number of benzene rings is 1. The molecular weight excluding hydrogens is 295 g/mol. The summed E-state index contributed by atoms with van der Waals surface area (Å²) in [7, 11) is 0. The zero-order valence-corrected chi connectivity index (χ0v) is 14.1. The van der Waals surface area contributed by atoms with Crippen LogP contribution in [0.25, 0.3) is 0 Å². The van der Waals surface area contributed by atoms with Gasteiger partial charge < -0.3 is 4.90 Å². The molecule has 1 aliphatic heterocycles. The van der Waals surface area contributed by atoms with E-state index in [4.69, 9.17) is 12.2 Å². The molecule has 2 nitrogen and oxygen atoms in total. The second-order valence-electron chi connectivity index (χ2n) is 6.62. The summed E-state index contributed by atoms with van der Waals surface area (Å²) in [5, 5.41) is 0. The Morgan fingerprint density at radius 3 is 2.14 bits per heavy atom. The zero-order valence-electron chi connectivity index (χ0n) is 13.3. The van der Waals surface area contributed by atoms with E-state index >= 15 is 0 Å². The van der Waals surface area contributed by atoms with Gasteiger partial charge in [0, 0.05) is 37.9 Å². The fourth-order valence-corrected chi connectivity index (χ4v) is 4.08. The smallest absolute Gasteiger partial charge is 0.123 e. The monoisotopic (exact) mass is 320 g/mol. The lowest BCUT2D eigenvalue weighted by molar-refractivity contribution is 0.140. The third kappa shape index (κ3) is 3.66. The van der Waals surface area contributed by atoms with Crippen molar-refractivity contribution in [1.29, 1.82) is 0 Å². The van der Waals surface area contributed by atoms with Crippen LogP contribution in [0.15, 0.2) is 24.3 Å². The largest absolute Gasteiger partial charge is 0.369 e. The predicted octanol–water partition coefficient (Wildman–Crippen LogP) is 3.90. The number of rotatable bonds is 3. The van der Waals surface area contributed by atoms with Gasteiger partial charge in [-0.3, -0.25) is 4.90 Å². The van der Waals surface area contributed by atoms with Crippen molar-refractivity contribution >= 4 is 22.8 Å². The number of nitrogens with zero attached hydrogens (tertiary/aromatic N) is 2. The quantitative estimate of drug-likeness (QED) is 0.780. The van der Waals surface area contributed by atoms with Crippen molar-refractivity contribution in [3.63, 3.8) is 0 Å². The first-order chi connectivity index (χ1) is 10.6. The summed E-state index contributed by atoms with van der Waals surface area (Å²) in [4.78, 5) is 6.21. The van der Waals surface area contributed by atoms with Crippen LogP contribution in [0, 0.1) is 11.7 Å². The van der Waals surface area contributed by atoms with Crippen molar-refractivity contribution in [2.75, 3.05) is 31.1 Å². The molecule has 3 rings (SSSR count). The van der Waals surface area contributed by atoms with E-state index in [2.05, 4.69) is 16.7 Å². The molecule has 0 aromatic heterocycles. The topological polar surface area (TPSA) is 6.48 Å². The zero-order chi connectivity index (χ0) is 15.5. The summed E-state index contributed by atoms with van der Waals surface area (Å²) in [6, 6.07) is 7.62. The summed E-state index contributed by atoms with van der Waals surface area (Å²) in [6.45, 7) is 6.41. The number of halogens is 1. The molecule has 1 aliphatic carbocycles. The van der Waals surface area contributed by atoms with Gasteiger partial charge in [-0.05, 0) is 67.7 Å². The lowest BCUT2D eigenvalue weighted by atomic mass is 9.83. The SMILES string of the molecule is CC(=S)[C@H]1CC[C@H](N2CCN(c3ccc(F)cc3)CC2)CC1. The van der Waals surface area contributed by atoms with E-state index in [-0.39, 0.29) is 5.82 Å². The molecule has 22 heavy (non-hydrogen) atoms. The van der Waals surface area contributed by atoms with Crippen LogP contribution in [0.3, 0.4) is 0 Å². The Bertz CT molecular complexity index is 500. The Balaban J connectivity index is 1.50. The van der Waals surface area contributed by atoms with E-state index in [9.17, 15) is 4.39 Å². The molecule has 120 valence electrons. The Morgan fingerprint density at radius 2 is 1.59 bits per heavy atom. The van der Waals surface area contributed by atoms with Crippen LogP contribution in [0.4, 0.5) is 10.1 Å². The number of thiocarbonyl (C=S) groups is 1. The Kier molecular flexibility index (Phi) is 5.09. The van der Waals surface area contributed by atoms with Crippen molar-refractivity contribution in [3.8, 4) is 0 Å². The van der Waals surface area contributed by atoms with Crippen LogP contribution in [-0.4, -0.2) is 42.0 Å². The molecule has 0 unspecified atom stereocenters. The Morgan fingerprint density at radius 1 is 1.00 bits per heavy atom. The van der Waals surface area contributed by atoms with Crippen molar-refractivity contribution in [2.24, 2.45) is 5.92 Å². The first-order valence-electron chi connectivity index (χ1n) is 8.38. The van der Waals surface area contributed by atoms with Gasteiger partial charge in [0.25, 0.3) is 0 Å². The lowest BCUT2D eigenvalue weighted by Crippen LogP contribution is -2.51. The van der Waals surface area contributed by atoms with Gasteiger partial charge in [0.15, 0.2) is 0 Å². The van der Waals surface area contributed by atoms with E-state index in [1.807, 2.05) is 12.1 Å². The standard InChI is InChI=1S/C18H25FN2S/c1-14(22)15-2-6-17(7-3-15)20-10-12-21(13-11-20)18-8-4-16(19)5-9-18/h4-5,8-9,15,17H,2-3,6-7,10-13H2,1H3/t15-,17-. The van der Waals surface area contributed by atoms with Gasteiger partial charge in [-0.1, -0.05) is 12.2 Å². The molecule has 1 aromatic rings. The molecule has 0 amide bonds. The summed E-state index contributed by atoms with van der Waals surface area (Å²) >= 11 is 5.34. The number of piperazine rings is 1.